The number of carbonyl (C=O) groups excluding carboxylic acids is 1. The molecule has 4 rings (SSSR count). The average Bonchev–Trinajstić information content (AvgIpc) is 3.40. The summed E-state index contributed by atoms with van der Waals surface area (Å²) in [5, 5.41) is 2.91. The number of carbonyl (C=O) groups is 1. The average molecular weight is 394 g/mol. The normalized spacial score (nSPS) is 20.6. The van der Waals surface area contributed by atoms with Gasteiger partial charge in [-0.05, 0) is 49.6 Å². The van der Waals surface area contributed by atoms with E-state index in [-0.39, 0.29) is 18.1 Å². The molecule has 2 aromatic rings. The maximum atomic E-state index is 11.2. The zero-order chi connectivity index (χ0) is 20.2. The zero-order valence-electron chi connectivity index (χ0n) is 17.4. The van der Waals surface area contributed by atoms with Crippen molar-refractivity contribution in [3.05, 3.63) is 53.7 Å². The van der Waals surface area contributed by atoms with Crippen LogP contribution in [0.15, 0.2) is 42.5 Å². The topological polar surface area (TPSA) is 54.5 Å². The largest absolute Gasteiger partial charge is 0.489 e. The van der Waals surface area contributed by atoms with Crippen LogP contribution in [-0.2, 0) is 4.79 Å². The minimum absolute atomic E-state index is 0.00161. The highest BCUT2D eigenvalue weighted by atomic mass is 16.5. The predicted octanol–water partition coefficient (Wildman–Crippen LogP) is 4.59. The predicted molar refractivity (Wildman–Crippen MR) is 115 cm³/mol. The summed E-state index contributed by atoms with van der Waals surface area (Å²) in [5.74, 6) is 2.58. The molecule has 2 atom stereocenters. The van der Waals surface area contributed by atoms with Crippen molar-refractivity contribution in [1.29, 1.82) is 0 Å². The van der Waals surface area contributed by atoms with Gasteiger partial charge in [0.1, 0.15) is 17.7 Å². The first-order valence-electron chi connectivity index (χ1n) is 10.8. The van der Waals surface area contributed by atoms with Gasteiger partial charge in [-0.3, -0.25) is 4.79 Å². The highest BCUT2D eigenvalue weighted by Crippen LogP contribution is 2.34. The minimum atomic E-state index is -0.0190. The number of anilines is 1. The highest BCUT2D eigenvalue weighted by Gasteiger charge is 2.26. The Morgan fingerprint density at radius 1 is 1.14 bits per heavy atom. The molecule has 1 aromatic heterocycles. The van der Waals surface area contributed by atoms with Crippen molar-refractivity contribution in [3.63, 3.8) is 0 Å². The van der Waals surface area contributed by atoms with E-state index in [0.717, 1.165) is 36.6 Å². The molecule has 1 amide bonds. The highest BCUT2D eigenvalue weighted by molar-refractivity contribution is 5.73. The summed E-state index contributed by atoms with van der Waals surface area (Å²) in [6.07, 6.45) is 6.39. The lowest BCUT2D eigenvalue weighted by molar-refractivity contribution is -0.119. The van der Waals surface area contributed by atoms with Gasteiger partial charge in [0, 0.05) is 31.5 Å². The first-order chi connectivity index (χ1) is 14.1. The number of pyridine rings is 1. The summed E-state index contributed by atoms with van der Waals surface area (Å²) in [5.41, 5.74) is 2.33. The number of benzene rings is 1. The second kappa shape index (κ2) is 8.85. The molecule has 1 aliphatic carbocycles. The van der Waals surface area contributed by atoms with Crippen LogP contribution in [0, 0.1) is 0 Å². The van der Waals surface area contributed by atoms with Gasteiger partial charge < -0.3 is 15.0 Å². The van der Waals surface area contributed by atoms with Crippen molar-refractivity contribution in [2.75, 3.05) is 18.0 Å². The molecule has 1 unspecified atom stereocenters. The molecule has 2 aliphatic rings. The van der Waals surface area contributed by atoms with Gasteiger partial charge >= 0.3 is 0 Å². The summed E-state index contributed by atoms with van der Waals surface area (Å²) in [4.78, 5) is 18.5. The Labute approximate surface area is 173 Å². The van der Waals surface area contributed by atoms with E-state index >= 15 is 0 Å². The van der Waals surface area contributed by atoms with Crippen LogP contribution in [0.4, 0.5) is 5.82 Å². The van der Waals surface area contributed by atoms with Crippen LogP contribution in [0.25, 0.3) is 0 Å². The van der Waals surface area contributed by atoms with E-state index in [1.165, 1.54) is 38.3 Å². The third kappa shape index (κ3) is 4.89. The lowest BCUT2D eigenvalue weighted by Gasteiger charge is -2.20. The maximum absolute atomic E-state index is 11.2. The van der Waals surface area contributed by atoms with Crippen molar-refractivity contribution in [3.8, 4) is 5.75 Å². The monoisotopic (exact) mass is 393 g/mol. The van der Waals surface area contributed by atoms with E-state index in [1.807, 2.05) is 31.2 Å². The minimum Gasteiger partial charge on any atom is -0.489 e. The Bertz CT molecular complexity index is 830. The van der Waals surface area contributed by atoms with Crippen molar-refractivity contribution in [2.45, 2.75) is 64.0 Å². The summed E-state index contributed by atoms with van der Waals surface area (Å²) < 4.78 is 6.22. The lowest BCUT2D eigenvalue weighted by atomic mass is 10.0. The lowest BCUT2D eigenvalue weighted by Crippen LogP contribution is -2.25. The standard InChI is InChI=1S/C24H31N3O2/c1-17(25-18(2)28)19-10-12-21(13-11-19)29-22-14-15-27(16-22)24-9-5-8-23(26-24)20-6-3-4-7-20/h5,8-13,17,20,22H,3-4,6-7,14-16H2,1-2H3,(H,25,28)/t17-,22?/m0/s1. The summed E-state index contributed by atoms with van der Waals surface area (Å²) in [6, 6.07) is 14.5. The number of hydrogen-bond donors (Lipinski definition) is 1. The number of nitrogens with one attached hydrogen (secondary N) is 1. The van der Waals surface area contributed by atoms with Crippen LogP contribution >= 0.6 is 0 Å². The van der Waals surface area contributed by atoms with Crippen LogP contribution in [0.1, 0.15) is 69.2 Å². The first-order valence-corrected chi connectivity index (χ1v) is 10.8. The Hall–Kier alpha value is -2.56. The van der Waals surface area contributed by atoms with Gasteiger partial charge in [0.05, 0.1) is 12.6 Å². The van der Waals surface area contributed by atoms with E-state index in [4.69, 9.17) is 9.72 Å². The quantitative estimate of drug-likeness (QED) is 0.780. The van der Waals surface area contributed by atoms with Gasteiger partial charge in [0.2, 0.25) is 5.91 Å². The first kappa shape index (κ1) is 19.7. The molecule has 5 heteroatoms. The van der Waals surface area contributed by atoms with Crippen LogP contribution in [0.3, 0.4) is 0 Å². The molecule has 29 heavy (non-hydrogen) atoms. The summed E-state index contributed by atoms with van der Waals surface area (Å²) >= 11 is 0. The Morgan fingerprint density at radius 2 is 1.90 bits per heavy atom. The molecule has 1 N–H and O–H groups in total. The van der Waals surface area contributed by atoms with Crippen LogP contribution in [-0.4, -0.2) is 30.1 Å². The SMILES string of the molecule is CC(=O)N[C@@H](C)c1ccc(OC2CCN(c3cccc(C4CCCC4)n3)C2)cc1. The summed E-state index contributed by atoms with van der Waals surface area (Å²) in [7, 11) is 0. The van der Waals surface area contributed by atoms with Gasteiger partial charge in [-0.15, -0.1) is 0 Å². The van der Waals surface area contributed by atoms with E-state index in [1.54, 1.807) is 0 Å². The molecule has 0 radical (unpaired) electrons. The Balaban J connectivity index is 1.34. The number of amides is 1. The van der Waals surface area contributed by atoms with E-state index < -0.39 is 0 Å². The molecule has 2 heterocycles. The van der Waals surface area contributed by atoms with Crippen LogP contribution in [0.5, 0.6) is 5.75 Å². The molecule has 0 spiro atoms. The van der Waals surface area contributed by atoms with Crippen molar-refractivity contribution in [1.82, 2.24) is 10.3 Å². The van der Waals surface area contributed by atoms with Crippen LogP contribution < -0.4 is 15.0 Å². The third-order valence-electron chi connectivity index (χ3n) is 6.10. The molecule has 1 aromatic carbocycles. The van der Waals surface area contributed by atoms with E-state index in [0.29, 0.717) is 5.92 Å². The van der Waals surface area contributed by atoms with Gasteiger partial charge in [0.25, 0.3) is 0 Å². The van der Waals surface area contributed by atoms with Crippen LogP contribution in [0.2, 0.25) is 0 Å². The molecule has 0 bridgehead atoms. The molecular formula is C24H31N3O2. The molecule has 1 saturated carbocycles. The van der Waals surface area contributed by atoms with E-state index in [9.17, 15) is 4.79 Å². The van der Waals surface area contributed by atoms with Gasteiger partial charge in [-0.1, -0.05) is 31.0 Å². The second-order valence-corrected chi connectivity index (χ2v) is 8.37. The summed E-state index contributed by atoms with van der Waals surface area (Å²) in [6.45, 7) is 5.37. The molecule has 1 aliphatic heterocycles. The van der Waals surface area contributed by atoms with Crippen molar-refractivity contribution in [2.24, 2.45) is 0 Å². The smallest absolute Gasteiger partial charge is 0.217 e. The van der Waals surface area contributed by atoms with Crippen molar-refractivity contribution >= 4 is 11.7 Å². The number of aromatic nitrogens is 1. The fraction of sp³-hybridized carbons (Fsp3) is 0.500. The maximum Gasteiger partial charge on any atom is 0.217 e. The molecule has 1 saturated heterocycles. The van der Waals surface area contributed by atoms with Gasteiger partial charge in [0.15, 0.2) is 0 Å². The molecule has 5 nitrogen and oxygen atoms in total. The Morgan fingerprint density at radius 3 is 2.62 bits per heavy atom. The fourth-order valence-electron chi connectivity index (χ4n) is 4.51. The number of rotatable bonds is 6. The number of hydrogen-bond acceptors (Lipinski definition) is 4. The molecule has 2 fully saturated rings. The number of ether oxygens (including phenoxy) is 1. The zero-order valence-corrected chi connectivity index (χ0v) is 17.4. The van der Waals surface area contributed by atoms with Crippen molar-refractivity contribution < 1.29 is 9.53 Å². The second-order valence-electron chi connectivity index (χ2n) is 8.37. The fourth-order valence-corrected chi connectivity index (χ4v) is 4.51. The van der Waals surface area contributed by atoms with E-state index in [2.05, 4.69) is 28.4 Å². The van der Waals surface area contributed by atoms with Gasteiger partial charge in [-0.2, -0.15) is 0 Å². The molecular weight excluding hydrogens is 362 g/mol. The van der Waals surface area contributed by atoms with Gasteiger partial charge in [-0.25, -0.2) is 4.98 Å². The number of nitrogens with zero attached hydrogens (tertiary/aromatic N) is 2. The molecule has 154 valence electrons. The third-order valence-corrected chi connectivity index (χ3v) is 6.10. The Kier molecular flexibility index (Phi) is 6.02.